The summed E-state index contributed by atoms with van der Waals surface area (Å²) >= 11 is 0. The van der Waals surface area contributed by atoms with Crippen LogP contribution in [-0.2, 0) is 19.4 Å². The van der Waals surface area contributed by atoms with E-state index in [2.05, 4.69) is 10.6 Å². The Hall–Kier alpha value is -3.73. The molecular formula is C22H24N4O6S. The second kappa shape index (κ2) is 10.3. The van der Waals surface area contributed by atoms with Crippen LogP contribution in [0.3, 0.4) is 0 Å². The normalized spacial score (nSPS) is 13.5. The van der Waals surface area contributed by atoms with E-state index in [1.807, 2.05) is 0 Å². The summed E-state index contributed by atoms with van der Waals surface area (Å²) in [4.78, 5) is 49.6. The van der Waals surface area contributed by atoms with Gasteiger partial charge in [0.1, 0.15) is 0 Å². The van der Waals surface area contributed by atoms with Crippen molar-refractivity contribution in [1.82, 2.24) is 20.7 Å². The molecule has 11 heteroatoms. The highest BCUT2D eigenvalue weighted by molar-refractivity contribution is 7.90. The number of benzene rings is 2. The number of hydrogen-bond donors (Lipinski definition) is 2. The molecule has 3 rings (SSSR count). The van der Waals surface area contributed by atoms with Crippen LogP contribution in [0.15, 0.2) is 59.5 Å². The van der Waals surface area contributed by atoms with E-state index >= 15 is 0 Å². The van der Waals surface area contributed by atoms with E-state index < -0.39 is 33.5 Å². The van der Waals surface area contributed by atoms with E-state index in [4.69, 9.17) is 0 Å². The van der Waals surface area contributed by atoms with Crippen LogP contribution < -0.4 is 10.6 Å². The molecule has 1 fully saturated rings. The largest absolute Gasteiger partial charge is 0.345 e. The molecule has 0 bridgehead atoms. The van der Waals surface area contributed by atoms with Gasteiger partial charge in [0.25, 0.3) is 17.7 Å². The Morgan fingerprint density at radius 1 is 0.848 bits per heavy atom. The Morgan fingerprint density at radius 3 is 2.18 bits per heavy atom. The summed E-state index contributed by atoms with van der Waals surface area (Å²) in [5.41, 5.74) is 0.384. The summed E-state index contributed by atoms with van der Waals surface area (Å²) in [6, 6.07) is 14.2. The van der Waals surface area contributed by atoms with Gasteiger partial charge in [-0.15, -0.1) is 0 Å². The van der Waals surface area contributed by atoms with E-state index in [9.17, 15) is 27.6 Å². The highest BCUT2D eigenvalue weighted by Crippen LogP contribution is 2.21. The molecule has 1 saturated heterocycles. The number of carbonyl (C=O) groups is 4. The summed E-state index contributed by atoms with van der Waals surface area (Å²) in [7, 11) is -3.64. The molecule has 1 aliphatic heterocycles. The second-order valence-electron chi connectivity index (χ2n) is 7.39. The Kier molecular flexibility index (Phi) is 7.44. The van der Waals surface area contributed by atoms with Crippen molar-refractivity contribution in [2.45, 2.75) is 11.3 Å². The molecule has 4 amide bonds. The zero-order valence-electron chi connectivity index (χ0n) is 18.0. The SMILES string of the molecule is CS(=O)(=O)c1ccccc1C(=O)N1CCCN1C(=O)CNC(=O)CNC(=O)c1ccccc1. The summed E-state index contributed by atoms with van der Waals surface area (Å²) in [5, 5.41) is 7.27. The fourth-order valence-electron chi connectivity index (χ4n) is 3.37. The maximum Gasteiger partial charge on any atom is 0.273 e. The van der Waals surface area contributed by atoms with Crippen LogP contribution in [0.2, 0.25) is 0 Å². The van der Waals surface area contributed by atoms with Crippen molar-refractivity contribution in [2.24, 2.45) is 0 Å². The average Bonchev–Trinajstić information content (AvgIpc) is 3.30. The van der Waals surface area contributed by atoms with Crippen LogP contribution >= 0.6 is 0 Å². The first-order valence-electron chi connectivity index (χ1n) is 10.2. The lowest BCUT2D eigenvalue weighted by atomic mass is 10.2. The first kappa shape index (κ1) is 23.9. The van der Waals surface area contributed by atoms with Crippen LogP contribution in [0.1, 0.15) is 27.1 Å². The molecule has 174 valence electrons. The Labute approximate surface area is 191 Å². The summed E-state index contributed by atoms with van der Waals surface area (Å²) < 4.78 is 24.1. The fraction of sp³-hybridized carbons (Fsp3) is 0.273. The molecule has 0 aromatic heterocycles. The molecule has 2 N–H and O–H groups in total. The van der Waals surface area contributed by atoms with Gasteiger partial charge >= 0.3 is 0 Å². The fourth-order valence-corrected chi connectivity index (χ4v) is 4.25. The Balaban J connectivity index is 1.57. The van der Waals surface area contributed by atoms with Gasteiger partial charge in [0.2, 0.25) is 5.91 Å². The van der Waals surface area contributed by atoms with E-state index in [-0.39, 0.29) is 36.6 Å². The summed E-state index contributed by atoms with van der Waals surface area (Å²) in [5.74, 6) is -2.12. The zero-order valence-corrected chi connectivity index (χ0v) is 18.8. The molecule has 2 aromatic carbocycles. The Bertz CT molecular complexity index is 1170. The van der Waals surface area contributed by atoms with Crippen molar-refractivity contribution in [3.05, 3.63) is 65.7 Å². The third kappa shape index (κ3) is 5.95. The van der Waals surface area contributed by atoms with Crippen LogP contribution in [0.4, 0.5) is 0 Å². The van der Waals surface area contributed by atoms with E-state index in [0.717, 1.165) is 6.26 Å². The number of rotatable bonds is 7. The topological polar surface area (TPSA) is 133 Å². The van der Waals surface area contributed by atoms with Gasteiger partial charge in [-0.3, -0.25) is 19.2 Å². The number of hydrogen-bond acceptors (Lipinski definition) is 6. The zero-order chi connectivity index (χ0) is 24.0. The average molecular weight is 473 g/mol. The molecule has 33 heavy (non-hydrogen) atoms. The lowest BCUT2D eigenvalue weighted by Crippen LogP contribution is -2.49. The van der Waals surface area contributed by atoms with E-state index in [1.54, 1.807) is 36.4 Å². The maximum atomic E-state index is 13.0. The van der Waals surface area contributed by atoms with Gasteiger partial charge < -0.3 is 10.6 Å². The van der Waals surface area contributed by atoms with Crippen molar-refractivity contribution in [3.8, 4) is 0 Å². The first-order valence-corrected chi connectivity index (χ1v) is 12.1. The predicted octanol–water partition coefficient (Wildman–Crippen LogP) is 0.226. The van der Waals surface area contributed by atoms with Crippen molar-refractivity contribution in [3.63, 3.8) is 0 Å². The maximum absolute atomic E-state index is 13.0. The van der Waals surface area contributed by atoms with Crippen LogP contribution in [0, 0.1) is 0 Å². The second-order valence-corrected chi connectivity index (χ2v) is 9.38. The number of hydrazine groups is 1. The summed E-state index contributed by atoms with van der Waals surface area (Å²) in [6.07, 6.45) is 1.53. The number of carbonyl (C=O) groups excluding carboxylic acids is 4. The van der Waals surface area contributed by atoms with Crippen molar-refractivity contribution >= 4 is 33.5 Å². The van der Waals surface area contributed by atoms with Crippen molar-refractivity contribution in [2.75, 3.05) is 32.4 Å². The molecule has 1 heterocycles. The van der Waals surface area contributed by atoms with Crippen LogP contribution in [0.25, 0.3) is 0 Å². The van der Waals surface area contributed by atoms with Gasteiger partial charge in [-0.2, -0.15) is 0 Å². The van der Waals surface area contributed by atoms with Crippen LogP contribution in [0.5, 0.6) is 0 Å². The quantitative estimate of drug-likeness (QED) is 0.593. The van der Waals surface area contributed by atoms with E-state index in [0.29, 0.717) is 12.0 Å². The Morgan fingerprint density at radius 2 is 1.48 bits per heavy atom. The minimum absolute atomic E-state index is 0.0210. The monoisotopic (exact) mass is 472 g/mol. The molecule has 0 saturated carbocycles. The number of nitrogens with zero attached hydrogens (tertiary/aromatic N) is 2. The third-order valence-corrected chi connectivity index (χ3v) is 6.11. The molecule has 0 aliphatic carbocycles. The van der Waals surface area contributed by atoms with Gasteiger partial charge in [0, 0.05) is 24.9 Å². The number of amides is 4. The van der Waals surface area contributed by atoms with Gasteiger partial charge in [-0.25, -0.2) is 18.4 Å². The lowest BCUT2D eigenvalue weighted by Gasteiger charge is -2.28. The molecule has 0 atom stereocenters. The predicted molar refractivity (Wildman–Crippen MR) is 119 cm³/mol. The van der Waals surface area contributed by atoms with Gasteiger partial charge in [-0.1, -0.05) is 30.3 Å². The summed E-state index contributed by atoms with van der Waals surface area (Å²) in [6.45, 7) is -0.196. The first-order chi connectivity index (χ1) is 15.7. The van der Waals surface area contributed by atoms with E-state index in [1.165, 1.54) is 28.2 Å². The highest BCUT2D eigenvalue weighted by Gasteiger charge is 2.33. The smallest absolute Gasteiger partial charge is 0.273 e. The van der Waals surface area contributed by atoms with Crippen molar-refractivity contribution < 1.29 is 27.6 Å². The minimum atomic E-state index is -3.64. The third-order valence-electron chi connectivity index (χ3n) is 4.95. The highest BCUT2D eigenvalue weighted by atomic mass is 32.2. The molecule has 0 spiro atoms. The molecule has 0 radical (unpaired) electrons. The van der Waals surface area contributed by atoms with Crippen LogP contribution in [-0.4, -0.2) is 74.5 Å². The molecule has 2 aromatic rings. The number of nitrogens with one attached hydrogen (secondary N) is 2. The molecule has 1 aliphatic rings. The standard InChI is InChI=1S/C22H24N4O6S/c1-33(31,32)18-11-6-5-10-17(18)22(30)26-13-7-12-25(26)20(28)15-23-19(27)14-24-21(29)16-8-3-2-4-9-16/h2-6,8-11H,7,12-15H2,1H3,(H,23,27)(H,24,29). The molecule has 10 nitrogen and oxygen atoms in total. The van der Waals surface area contributed by atoms with Gasteiger partial charge in [0.15, 0.2) is 9.84 Å². The lowest BCUT2D eigenvalue weighted by molar-refractivity contribution is -0.140. The molecule has 0 unspecified atom stereocenters. The van der Waals surface area contributed by atoms with Gasteiger partial charge in [-0.05, 0) is 30.7 Å². The number of sulfone groups is 1. The molecular weight excluding hydrogens is 448 g/mol. The minimum Gasteiger partial charge on any atom is -0.345 e. The van der Waals surface area contributed by atoms with Crippen molar-refractivity contribution in [1.29, 1.82) is 0 Å². The van der Waals surface area contributed by atoms with Gasteiger partial charge in [0.05, 0.1) is 23.5 Å².